The summed E-state index contributed by atoms with van der Waals surface area (Å²) in [6.07, 6.45) is 0. The molecule has 3 amide bonds. The van der Waals surface area contributed by atoms with E-state index in [1.54, 1.807) is 42.5 Å². The first kappa shape index (κ1) is 22.5. The number of rotatable bonds is 6. The Balaban J connectivity index is 1.49. The number of ether oxygens (including phenoxy) is 2. The maximum atomic E-state index is 12.8. The van der Waals surface area contributed by atoms with E-state index in [4.69, 9.17) is 9.47 Å². The van der Waals surface area contributed by atoms with Crippen molar-refractivity contribution < 1.29 is 23.9 Å². The number of carbonyl (C=O) groups excluding carboxylic acids is 3. The second-order valence-electron chi connectivity index (χ2n) is 7.61. The zero-order chi connectivity index (χ0) is 23.7. The molecular weight excluding hydrogens is 488 g/mol. The molecule has 0 saturated heterocycles. The molecule has 168 valence electrons. The third kappa shape index (κ3) is 4.34. The predicted molar refractivity (Wildman–Crippen MR) is 128 cm³/mol. The molecule has 1 aliphatic heterocycles. The van der Waals surface area contributed by atoms with Gasteiger partial charge in [-0.3, -0.25) is 14.4 Å². The predicted octanol–water partition coefficient (Wildman–Crippen LogP) is 4.89. The van der Waals surface area contributed by atoms with Gasteiger partial charge in [0.15, 0.2) is 6.61 Å². The summed E-state index contributed by atoms with van der Waals surface area (Å²) in [5.41, 5.74) is 3.44. The highest BCUT2D eigenvalue weighted by Crippen LogP contribution is 2.36. The fourth-order valence-corrected chi connectivity index (χ4v) is 4.56. The Hall–Kier alpha value is -3.65. The van der Waals surface area contributed by atoms with Crippen molar-refractivity contribution in [3.63, 3.8) is 0 Å². The standard InChI is InChI=1S/C25H21BrN2O5/c1-14-10-15(2)23(19(26)11-14)33-13-22(29)27-16-8-9-20(21(12-16)32-3)28-24(30)17-6-4-5-7-18(17)25(28)31/h4-12H,13H2,1-3H3,(H,27,29). The van der Waals surface area contributed by atoms with E-state index < -0.39 is 11.8 Å². The Morgan fingerprint density at radius 2 is 1.67 bits per heavy atom. The number of methoxy groups -OCH3 is 1. The molecule has 33 heavy (non-hydrogen) atoms. The summed E-state index contributed by atoms with van der Waals surface area (Å²) in [5, 5.41) is 2.75. The van der Waals surface area contributed by atoms with Crippen molar-refractivity contribution >= 4 is 45.0 Å². The maximum absolute atomic E-state index is 12.8. The Morgan fingerprint density at radius 3 is 2.27 bits per heavy atom. The van der Waals surface area contributed by atoms with Crippen LogP contribution in [0.15, 0.2) is 59.1 Å². The molecule has 0 fully saturated rings. The van der Waals surface area contributed by atoms with Gasteiger partial charge in [0.2, 0.25) is 0 Å². The minimum absolute atomic E-state index is 0.190. The highest BCUT2D eigenvalue weighted by atomic mass is 79.9. The molecule has 0 aliphatic carbocycles. The number of amides is 3. The minimum atomic E-state index is -0.418. The third-order valence-electron chi connectivity index (χ3n) is 5.22. The highest BCUT2D eigenvalue weighted by Gasteiger charge is 2.37. The zero-order valence-electron chi connectivity index (χ0n) is 18.3. The molecule has 0 radical (unpaired) electrons. The van der Waals surface area contributed by atoms with Gasteiger partial charge in [0, 0.05) is 11.8 Å². The Kier molecular flexibility index (Phi) is 6.20. The van der Waals surface area contributed by atoms with Gasteiger partial charge in [-0.25, -0.2) is 4.90 Å². The number of imide groups is 1. The Labute approximate surface area is 199 Å². The lowest BCUT2D eigenvalue weighted by Crippen LogP contribution is -2.29. The van der Waals surface area contributed by atoms with E-state index >= 15 is 0 Å². The number of anilines is 2. The van der Waals surface area contributed by atoms with E-state index in [2.05, 4.69) is 21.2 Å². The van der Waals surface area contributed by atoms with Crippen LogP contribution in [-0.4, -0.2) is 31.4 Å². The van der Waals surface area contributed by atoms with Crippen LogP contribution in [-0.2, 0) is 4.79 Å². The van der Waals surface area contributed by atoms with Crippen molar-refractivity contribution in [2.75, 3.05) is 23.9 Å². The molecule has 3 aromatic rings. The van der Waals surface area contributed by atoms with Gasteiger partial charge in [0.25, 0.3) is 17.7 Å². The van der Waals surface area contributed by atoms with E-state index in [9.17, 15) is 14.4 Å². The molecule has 8 heteroatoms. The fourth-order valence-electron chi connectivity index (χ4n) is 3.77. The third-order valence-corrected chi connectivity index (χ3v) is 5.81. The van der Waals surface area contributed by atoms with Crippen LogP contribution < -0.4 is 19.7 Å². The zero-order valence-corrected chi connectivity index (χ0v) is 19.9. The van der Waals surface area contributed by atoms with Crippen LogP contribution in [0.5, 0.6) is 11.5 Å². The molecule has 0 bridgehead atoms. The summed E-state index contributed by atoms with van der Waals surface area (Å²) in [5.74, 6) is -0.316. The number of aryl methyl sites for hydroxylation is 2. The van der Waals surface area contributed by atoms with Gasteiger partial charge in [-0.05, 0) is 71.2 Å². The van der Waals surface area contributed by atoms with Crippen molar-refractivity contribution in [1.82, 2.24) is 0 Å². The number of hydrogen-bond acceptors (Lipinski definition) is 5. The second-order valence-corrected chi connectivity index (χ2v) is 8.46. The molecule has 4 rings (SSSR count). The van der Waals surface area contributed by atoms with Crippen molar-refractivity contribution in [2.24, 2.45) is 0 Å². The SMILES string of the molecule is COc1cc(NC(=O)COc2c(C)cc(C)cc2Br)ccc1N1C(=O)c2ccccc2C1=O. The number of nitrogens with zero attached hydrogens (tertiary/aromatic N) is 1. The molecule has 1 N–H and O–H groups in total. The van der Waals surface area contributed by atoms with Gasteiger partial charge in [-0.15, -0.1) is 0 Å². The van der Waals surface area contributed by atoms with Crippen LogP contribution in [0.3, 0.4) is 0 Å². The van der Waals surface area contributed by atoms with Gasteiger partial charge >= 0.3 is 0 Å². The summed E-state index contributed by atoms with van der Waals surface area (Å²) >= 11 is 3.46. The lowest BCUT2D eigenvalue weighted by atomic mass is 10.1. The van der Waals surface area contributed by atoms with E-state index in [0.29, 0.717) is 28.3 Å². The van der Waals surface area contributed by atoms with E-state index in [0.717, 1.165) is 20.5 Å². The average Bonchev–Trinajstić information content (AvgIpc) is 3.03. The molecule has 0 atom stereocenters. The van der Waals surface area contributed by atoms with Crippen LogP contribution in [0.25, 0.3) is 0 Å². The Morgan fingerprint density at radius 1 is 1.00 bits per heavy atom. The summed E-state index contributed by atoms with van der Waals surface area (Å²) in [6.45, 7) is 3.70. The Bertz CT molecular complexity index is 1230. The van der Waals surface area contributed by atoms with Crippen molar-refractivity contribution in [3.05, 3.63) is 81.3 Å². The molecule has 0 aromatic heterocycles. The topological polar surface area (TPSA) is 84.9 Å². The number of halogens is 1. The van der Waals surface area contributed by atoms with E-state index in [1.807, 2.05) is 26.0 Å². The molecule has 0 spiro atoms. The van der Waals surface area contributed by atoms with Crippen LogP contribution in [0.2, 0.25) is 0 Å². The highest BCUT2D eigenvalue weighted by molar-refractivity contribution is 9.10. The van der Waals surface area contributed by atoms with Crippen molar-refractivity contribution in [3.8, 4) is 11.5 Å². The maximum Gasteiger partial charge on any atom is 0.266 e. The molecule has 1 aliphatic rings. The number of carbonyl (C=O) groups is 3. The summed E-state index contributed by atoms with van der Waals surface area (Å²) in [7, 11) is 1.43. The minimum Gasteiger partial charge on any atom is -0.494 e. The number of benzene rings is 3. The fraction of sp³-hybridized carbons (Fsp3) is 0.160. The van der Waals surface area contributed by atoms with Crippen LogP contribution in [0.1, 0.15) is 31.8 Å². The van der Waals surface area contributed by atoms with Gasteiger partial charge in [0.05, 0.1) is 28.4 Å². The van der Waals surface area contributed by atoms with Crippen molar-refractivity contribution in [1.29, 1.82) is 0 Å². The van der Waals surface area contributed by atoms with Crippen LogP contribution >= 0.6 is 15.9 Å². The first-order valence-corrected chi connectivity index (χ1v) is 10.9. The monoisotopic (exact) mass is 508 g/mol. The van der Waals surface area contributed by atoms with E-state index in [-0.39, 0.29) is 18.3 Å². The smallest absolute Gasteiger partial charge is 0.266 e. The number of nitrogens with one attached hydrogen (secondary N) is 1. The summed E-state index contributed by atoms with van der Waals surface area (Å²) < 4.78 is 11.9. The quantitative estimate of drug-likeness (QED) is 0.479. The molecule has 0 unspecified atom stereocenters. The normalized spacial score (nSPS) is 12.5. The second kappa shape index (κ2) is 9.07. The van der Waals surface area contributed by atoms with Crippen molar-refractivity contribution in [2.45, 2.75) is 13.8 Å². The van der Waals surface area contributed by atoms with E-state index in [1.165, 1.54) is 7.11 Å². The largest absolute Gasteiger partial charge is 0.494 e. The number of fused-ring (bicyclic) bond motifs is 1. The van der Waals surface area contributed by atoms with Gasteiger partial charge < -0.3 is 14.8 Å². The van der Waals surface area contributed by atoms with Crippen LogP contribution in [0.4, 0.5) is 11.4 Å². The molecule has 0 saturated carbocycles. The van der Waals surface area contributed by atoms with Gasteiger partial charge in [0.1, 0.15) is 11.5 Å². The average molecular weight is 509 g/mol. The summed E-state index contributed by atoms with van der Waals surface area (Å²) in [4.78, 5) is 39.1. The summed E-state index contributed by atoms with van der Waals surface area (Å²) in [6, 6.07) is 15.3. The number of hydrogen-bond donors (Lipinski definition) is 1. The lowest BCUT2D eigenvalue weighted by molar-refractivity contribution is -0.118. The van der Waals surface area contributed by atoms with Gasteiger partial charge in [-0.2, -0.15) is 0 Å². The molecule has 7 nitrogen and oxygen atoms in total. The first-order chi connectivity index (χ1) is 15.8. The van der Waals surface area contributed by atoms with Gasteiger partial charge in [-0.1, -0.05) is 18.2 Å². The molecular formula is C25H21BrN2O5. The molecule has 1 heterocycles. The molecule has 3 aromatic carbocycles. The first-order valence-electron chi connectivity index (χ1n) is 10.2. The van der Waals surface area contributed by atoms with Crippen LogP contribution in [0, 0.1) is 13.8 Å². The lowest BCUT2D eigenvalue weighted by Gasteiger charge is -2.18.